The minimum Gasteiger partial charge on any atom is -0.391 e. The number of fused-ring (bicyclic) bond motifs is 3. The number of hydrogen-bond donors (Lipinski definition) is 2. The number of aromatic nitrogens is 2. The Hall–Kier alpha value is -1.48. The number of aliphatic hydroxyl groups excluding tert-OH is 1. The maximum absolute atomic E-state index is 12.1. The monoisotopic (exact) mass is 325 g/mol. The van der Waals surface area contributed by atoms with Gasteiger partial charge in [0.25, 0.3) is 5.91 Å². The molecule has 21 heavy (non-hydrogen) atoms. The molecule has 3 heterocycles. The molecule has 0 aliphatic carbocycles. The summed E-state index contributed by atoms with van der Waals surface area (Å²) in [5.41, 5.74) is 0.959. The number of thiophene rings is 1. The summed E-state index contributed by atoms with van der Waals surface area (Å²) in [7, 11) is 1.54. The van der Waals surface area contributed by atoms with Crippen LogP contribution in [0.1, 0.15) is 16.1 Å². The van der Waals surface area contributed by atoms with Crippen molar-refractivity contribution in [3.05, 3.63) is 22.5 Å². The minimum absolute atomic E-state index is 0.133. The Bertz CT molecular complexity index is 761. The van der Waals surface area contributed by atoms with Crippen LogP contribution in [-0.4, -0.2) is 46.8 Å². The summed E-state index contributed by atoms with van der Waals surface area (Å²) in [6, 6.07) is 1.85. The molecule has 0 bridgehead atoms. The van der Waals surface area contributed by atoms with Gasteiger partial charge in [-0.15, -0.1) is 22.7 Å². The zero-order valence-electron chi connectivity index (χ0n) is 11.4. The van der Waals surface area contributed by atoms with Crippen LogP contribution in [0.2, 0.25) is 0 Å². The summed E-state index contributed by atoms with van der Waals surface area (Å²) in [6.45, 7) is 0.694. The largest absolute Gasteiger partial charge is 0.391 e. The molecule has 0 fully saturated rings. The normalized spacial score (nSPS) is 13.0. The molecule has 8 heteroatoms. The molecule has 0 aliphatic rings. The van der Waals surface area contributed by atoms with Gasteiger partial charge in [-0.3, -0.25) is 9.20 Å². The quantitative estimate of drug-likeness (QED) is 0.724. The van der Waals surface area contributed by atoms with Crippen molar-refractivity contribution in [2.45, 2.75) is 12.5 Å². The van der Waals surface area contributed by atoms with Gasteiger partial charge in [0.15, 0.2) is 4.96 Å². The highest BCUT2D eigenvalue weighted by Gasteiger charge is 2.15. The lowest BCUT2D eigenvalue weighted by Crippen LogP contribution is -2.27. The van der Waals surface area contributed by atoms with Gasteiger partial charge in [-0.1, -0.05) is 0 Å². The molecule has 1 amide bonds. The second-order valence-electron chi connectivity index (χ2n) is 4.62. The number of rotatable bonds is 6. The van der Waals surface area contributed by atoms with E-state index in [9.17, 15) is 9.90 Å². The van der Waals surface area contributed by atoms with Gasteiger partial charge in [0, 0.05) is 25.2 Å². The second-order valence-corrected chi connectivity index (χ2v) is 6.53. The van der Waals surface area contributed by atoms with Crippen molar-refractivity contribution >= 4 is 43.9 Å². The van der Waals surface area contributed by atoms with E-state index in [1.165, 1.54) is 18.4 Å². The van der Waals surface area contributed by atoms with E-state index in [2.05, 4.69) is 10.3 Å². The number of hydrogen-bond acceptors (Lipinski definition) is 6. The van der Waals surface area contributed by atoms with E-state index >= 15 is 0 Å². The SMILES string of the molecule is COCC(O)CCNC(=O)c1cc2c(nc3sccn32)s1. The van der Waals surface area contributed by atoms with Gasteiger partial charge >= 0.3 is 0 Å². The third kappa shape index (κ3) is 2.93. The number of thiazole rings is 1. The summed E-state index contributed by atoms with van der Waals surface area (Å²) in [4.78, 5) is 19.0. The molecule has 3 aromatic rings. The molecule has 2 N–H and O–H groups in total. The Morgan fingerprint density at radius 1 is 1.62 bits per heavy atom. The second kappa shape index (κ2) is 6.10. The van der Waals surface area contributed by atoms with Crippen LogP contribution < -0.4 is 5.32 Å². The van der Waals surface area contributed by atoms with Gasteiger partial charge in [-0.2, -0.15) is 0 Å². The standard InChI is InChI=1S/C13H15N3O3S2/c1-19-7-8(17)2-3-14-11(18)10-6-9-12(21-10)15-13-16(9)4-5-20-13/h4-6,8,17H,2-3,7H2,1H3,(H,14,18). The van der Waals surface area contributed by atoms with E-state index in [1.54, 1.807) is 11.3 Å². The van der Waals surface area contributed by atoms with Crippen molar-refractivity contribution in [3.63, 3.8) is 0 Å². The van der Waals surface area contributed by atoms with Crippen molar-refractivity contribution in [2.24, 2.45) is 0 Å². The Morgan fingerprint density at radius 2 is 2.48 bits per heavy atom. The van der Waals surface area contributed by atoms with Gasteiger partial charge in [0.2, 0.25) is 0 Å². The first-order valence-corrected chi connectivity index (χ1v) is 8.19. The summed E-state index contributed by atoms with van der Waals surface area (Å²) < 4.78 is 6.82. The molecule has 1 unspecified atom stereocenters. The zero-order chi connectivity index (χ0) is 14.8. The first-order chi connectivity index (χ1) is 10.2. The average molecular weight is 325 g/mol. The fourth-order valence-corrected chi connectivity index (χ4v) is 3.79. The number of amides is 1. The lowest BCUT2D eigenvalue weighted by molar-refractivity contribution is 0.0588. The maximum Gasteiger partial charge on any atom is 0.261 e. The van der Waals surface area contributed by atoms with E-state index < -0.39 is 6.10 Å². The summed E-state index contributed by atoms with van der Waals surface area (Å²) in [5, 5.41) is 14.3. The van der Waals surface area contributed by atoms with E-state index in [0.29, 0.717) is 17.8 Å². The minimum atomic E-state index is -0.553. The van der Waals surface area contributed by atoms with Crippen LogP contribution in [-0.2, 0) is 4.74 Å². The predicted molar refractivity (Wildman–Crippen MR) is 83.3 cm³/mol. The van der Waals surface area contributed by atoms with Crippen molar-refractivity contribution in [1.82, 2.24) is 14.7 Å². The Kier molecular flexibility index (Phi) is 4.20. The number of imidazole rings is 1. The average Bonchev–Trinajstić information content (AvgIpc) is 3.09. The molecule has 0 radical (unpaired) electrons. The molecule has 0 saturated carbocycles. The Balaban J connectivity index is 1.65. The number of aliphatic hydroxyl groups is 1. The van der Waals surface area contributed by atoms with Crippen LogP contribution in [0, 0.1) is 0 Å². The van der Waals surface area contributed by atoms with Gasteiger partial charge in [0.05, 0.1) is 23.1 Å². The smallest absolute Gasteiger partial charge is 0.261 e. The first-order valence-electron chi connectivity index (χ1n) is 6.49. The highest BCUT2D eigenvalue weighted by molar-refractivity contribution is 7.21. The van der Waals surface area contributed by atoms with Gasteiger partial charge < -0.3 is 15.2 Å². The van der Waals surface area contributed by atoms with Crippen molar-refractivity contribution in [3.8, 4) is 0 Å². The van der Waals surface area contributed by atoms with Crippen LogP contribution in [0.3, 0.4) is 0 Å². The first kappa shape index (κ1) is 14.5. The molecular weight excluding hydrogens is 310 g/mol. The number of methoxy groups -OCH3 is 1. The molecule has 1 atom stereocenters. The van der Waals surface area contributed by atoms with E-state index in [0.717, 1.165) is 15.3 Å². The van der Waals surface area contributed by atoms with E-state index in [1.807, 2.05) is 22.0 Å². The van der Waals surface area contributed by atoms with Crippen LogP contribution in [0.4, 0.5) is 0 Å². The van der Waals surface area contributed by atoms with E-state index in [-0.39, 0.29) is 12.5 Å². The Labute approximate surface area is 129 Å². The molecule has 112 valence electrons. The molecule has 3 aromatic heterocycles. The molecule has 0 aliphatic heterocycles. The van der Waals surface area contributed by atoms with Crippen LogP contribution in [0.15, 0.2) is 17.6 Å². The topological polar surface area (TPSA) is 75.9 Å². The van der Waals surface area contributed by atoms with Crippen LogP contribution >= 0.6 is 22.7 Å². The number of nitrogens with one attached hydrogen (secondary N) is 1. The lowest BCUT2D eigenvalue weighted by atomic mass is 10.2. The number of ether oxygens (including phenoxy) is 1. The molecule has 3 rings (SSSR count). The van der Waals surface area contributed by atoms with Gasteiger partial charge in [0.1, 0.15) is 4.83 Å². The number of carbonyl (C=O) groups excluding carboxylic acids is 1. The Morgan fingerprint density at radius 3 is 3.29 bits per heavy atom. The summed E-state index contributed by atoms with van der Waals surface area (Å²) in [6.07, 6.45) is 1.87. The van der Waals surface area contributed by atoms with E-state index in [4.69, 9.17) is 4.74 Å². The van der Waals surface area contributed by atoms with Crippen molar-refractivity contribution in [2.75, 3.05) is 20.3 Å². The molecule has 0 spiro atoms. The predicted octanol–water partition coefficient (Wildman–Crippen LogP) is 1.74. The lowest BCUT2D eigenvalue weighted by Gasteiger charge is -2.09. The van der Waals surface area contributed by atoms with Crippen molar-refractivity contribution < 1.29 is 14.6 Å². The van der Waals surface area contributed by atoms with Gasteiger partial charge in [-0.05, 0) is 12.5 Å². The number of nitrogens with zero attached hydrogens (tertiary/aromatic N) is 2. The maximum atomic E-state index is 12.1. The van der Waals surface area contributed by atoms with Crippen LogP contribution in [0.5, 0.6) is 0 Å². The molecular formula is C13H15N3O3S2. The number of carbonyl (C=O) groups is 1. The third-order valence-electron chi connectivity index (χ3n) is 3.09. The fourth-order valence-electron chi connectivity index (χ4n) is 2.07. The zero-order valence-corrected chi connectivity index (χ0v) is 13.0. The highest BCUT2D eigenvalue weighted by Crippen LogP contribution is 2.28. The van der Waals surface area contributed by atoms with Gasteiger partial charge in [-0.25, -0.2) is 4.98 Å². The molecule has 0 aromatic carbocycles. The molecule has 6 nitrogen and oxygen atoms in total. The van der Waals surface area contributed by atoms with Crippen molar-refractivity contribution in [1.29, 1.82) is 0 Å². The summed E-state index contributed by atoms with van der Waals surface area (Å²) in [5.74, 6) is -0.133. The third-order valence-corrected chi connectivity index (χ3v) is 4.86. The molecule has 0 saturated heterocycles. The fraction of sp³-hybridized carbons (Fsp3) is 0.385. The van der Waals surface area contributed by atoms with Crippen LogP contribution in [0.25, 0.3) is 15.3 Å². The highest BCUT2D eigenvalue weighted by atomic mass is 32.1. The summed E-state index contributed by atoms with van der Waals surface area (Å²) >= 11 is 2.95.